The van der Waals surface area contributed by atoms with Gasteiger partial charge in [0.2, 0.25) is 0 Å². The summed E-state index contributed by atoms with van der Waals surface area (Å²) in [4.78, 5) is 13.5. The van der Waals surface area contributed by atoms with Gasteiger partial charge in [-0.25, -0.2) is 0 Å². The van der Waals surface area contributed by atoms with Crippen molar-refractivity contribution in [1.82, 2.24) is 0 Å². The molecule has 1 saturated heterocycles. The third-order valence-electron chi connectivity index (χ3n) is 14.1. The Labute approximate surface area is 201 Å². The number of cyclic esters (lactones) is 1. The van der Waals surface area contributed by atoms with Crippen molar-refractivity contribution in [3.8, 4) is 0 Å². The lowest BCUT2D eigenvalue weighted by atomic mass is 9.32. The molecule has 0 amide bonds. The zero-order valence-electron chi connectivity index (χ0n) is 22.3. The van der Waals surface area contributed by atoms with Gasteiger partial charge in [0.1, 0.15) is 5.60 Å². The second-order valence-electron chi connectivity index (χ2n) is 15.4. The molecule has 6 aliphatic rings. The predicted molar refractivity (Wildman–Crippen MR) is 130 cm³/mol. The molecule has 3 heteroatoms. The lowest BCUT2D eigenvalue weighted by Gasteiger charge is -2.73. The number of carbonyl (C=O) groups is 1. The Hall–Kier alpha value is -0.570. The van der Waals surface area contributed by atoms with Gasteiger partial charge in [-0.05, 0) is 123 Å². The molecule has 0 aromatic carbocycles. The Morgan fingerprint density at radius 3 is 2.18 bits per heavy atom. The molecule has 1 aliphatic heterocycles. The minimum Gasteiger partial charge on any atom is -0.459 e. The molecule has 1 heterocycles. The van der Waals surface area contributed by atoms with Crippen LogP contribution in [0, 0.1) is 56.7 Å². The highest BCUT2D eigenvalue weighted by molar-refractivity contribution is 5.80. The Balaban J connectivity index is 1.41. The van der Waals surface area contributed by atoms with Crippen LogP contribution in [0.25, 0.3) is 0 Å². The zero-order valence-corrected chi connectivity index (χ0v) is 22.3. The first-order valence-electron chi connectivity index (χ1n) is 14.2. The average molecular weight is 457 g/mol. The zero-order chi connectivity index (χ0) is 23.8. The van der Waals surface area contributed by atoms with Gasteiger partial charge in [0.05, 0.1) is 11.5 Å². The molecular formula is C30H48O3. The molecule has 33 heavy (non-hydrogen) atoms. The summed E-state index contributed by atoms with van der Waals surface area (Å²) < 4.78 is 6.12. The quantitative estimate of drug-likeness (QED) is 0.409. The summed E-state index contributed by atoms with van der Waals surface area (Å²) >= 11 is 0. The summed E-state index contributed by atoms with van der Waals surface area (Å²) in [6.07, 6.45) is 11.6. The fraction of sp³-hybridized carbons (Fsp3) is 0.967. The number of hydrogen-bond donors (Lipinski definition) is 1. The lowest BCUT2D eigenvalue weighted by Crippen LogP contribution is -2.68. The number of hydrogen-bond acceptors (Lipinski definition) is 3. The Bertz CT molecular complexity index is 876. The van der Waals surface area contributed by atoms with E-state index in [0.29, 0.717) is 39.9 Å². The maximum absolute atomic E-state index is 13.5. The van der Waals surface area contributed by atoms with Crippen molar-refractivity contribution < 1.29 is 14.6 Å². The molecule has 0 aromatic heterocycles. The van der Waals surface area contributed by atoms with Gasteiger partial charge in [0.25, 0.3) is 0 Å². The number of ether oxygens (including phenoxy) is 1. The van der Waals surface area contributed by atoms with Crippen molar-refractivity contribution in [3.05, 3.63) is 0 Å². The van der Waals surface area contributed by atoms with Gasteiger partial charge in [-0.2, -0.15) is 0 Å². The Morgan fingerprint density at radius 1 is 0.727 bits per heavy atom. The standard InChI is InChI=1S/C30H48O3/c1-25(2)20-11-14-29(7)21(27(20,5)13-12-22(25)31)9-8-19-23-18-10-15-30(23,17-16-28(19,29)6)24(32)33-26(18,3)4/h18-23,31H,8-17H2,1-7H3/t18-,19+,20-,21+,22-,23+,27-,28+,29+,30-/m0/s1. The van der Waals surface area contributed by atoms with Crippen LogP contribution >= 0.6 is 0 Å². The van der Waals surface area contributed by atoms with Crippen LogP contribution in [-0.4, -0.2) is 22.8 Å². The third kappa shape index (κ3) is 2.45. The first-order valence-corrected chi connectivity index (χ1v) is 14.2. The van der Waals surface area contributed by atoms with E-state index in [1.165, 1.54) is 44.9 Å². The first-order chi connectivity index (χ1) is 15.2. The molecule has 10 atom stereocenters. The fourth-order valence-corrected chi connectivity index (χ4v) is 12.1. The van der Waals surface area contributed by atoms with Gasteiger partial charge < -0.3 is 9.84 Å². The monoisotopic (exact) mass is 456 g/mol. The van der Waals surface area contributed by atoms with Crippen LogP contribution in [0.5, 0.6) is 0 Å². The maximum Gasteiger partial charge on any atom is 0.312 e. The van der Waals surface area contributed by atoms with Crippen molar-refractivity contribution in [2.24, 2.45) is 56.7 Å². The van der Waals surface area contributed by atoms with Crippen LogP contribution < -0.4 is 0 Å². The number of fused-ring (bicyclic) bond motifs is 5. The molecule has 0 spiro atoms. The van der Waals surface area contributed by atoms with E-state index in [9.17, 15) is 9.90 Å². The van der Waals surface area contributed by atoms with Gasteiger partial charge in [-0.1, -0.05) is 34.6 Å². The van der Waals surface area contributed by atoms with Crippen molar-refractivity contribution in [2.75, 3.05) is 0 Å². The SMILES string of the molecule is CC1(C)OC(=O)[C@]23CC[C@H]1[C@@H]2[C@H]1CC[C@@H]2[C@@]4(C)CC[C@H](O)C(C)(C)[C@@H]4CC[C@@]2(C)[C@]1(C)CC3. The van der Waals surface area contributed by atoms with Crippen LogP contribution in [0.1, 0.15) is 113 Å². The summed E-state index contributed by atoms with van der Waals surface area (Å²) in [5, 5.41) is 10.9. The van der Waals surface area contributed by atoms with E-state index in [1.54, 1.807) is 0 Å². The number of esters is 1. The van der Waals surface area contributed by atoms with Gasteiger partial charge >= 0.3 is 5.97 Å². The third-order valence-corrected chi connectivity index (χ3v) is 14.1. The van der Waals surface area contributed by atoms with E-state index in [4.69, 9.17) is 4.74 Å². The molecule has 3 nitrogen and oxygen atoms in total. The maximum atomic E-state index is 13.5. The van der Waals surface area contributed by atoms with Gasteiger partial charge in [0, 0.05) is 5.92 Å². The number of carbonyl (C=O) groups excluding carboxylic acids is 1. The molecule has 6 rings (SSSR count). The van der Waals surface area contributed by atoms with Gasteiger partial charge in [0.15, 0.2) is 0 Å². The summed E-state index contributed by atoms with van der Waals surface area (Å²) in [5.74, 6) is 3.17. The highest BCUT2D eigenvalue weighted by Crippen LogP contribution is 2.78. The topological polar surface area (TPSA) is 46.5 Å². The van der Waals surface area contributed by atoms with Crippen LogP contribution in [0.15, 0.2) is 0 Å². The average Bonchev–Trinajstić information content (AvgIpc) is 3.09. The molecule has 1 N–H and O–H groups in total. The van der Waals surface area contributed by atoms with Gasteiger partial charge in [-0.3, -0.25) is 4.79 Å². The van der Waals surface area contributed by atoms with E-state index in [0.717, 1.165) is 25.2 Å². The second-order valence-corrected chi connectivity index (χ2v) is 15.4. The minimum absolute atomic E-state index is 0.0129. The predicted octanol–water partition coefficient (Wildman–Crippen LogP) is 6.76. The normalized spacial score (nSPS) is 58.4. The molecule has 2 bridgehead atoms. The Kier molecular flexibility index (Phi) is 4.44. The summed E-state index contributed by atoms with van der Waals surface area (Å²) in [6.45, 7) is 17.0. The van der Waals surface area contributed by atoms with E-state index in [2.05, 4.69) is 48.5 Å². The highest BCUT2D eigenvalue weighted by atomic mass is 16.6. The van der Waals surface area contributed by atoms with E-state index < -0.39 is 0 Å². The summed E-state index contributed by atoms with van der Waals surface area (Å²) in [6, 6.07) is 0. The van der Waals surface area contributed by atoms with Crippen LogP contribution in [0.4, 0.5) is 0 Å². The molecule has 6 fully saturated rings. The molecule has 186 valence electrons. The molecular weight excluding hydrogens is 408 g/mol. The van der Waals surface area contributed by atoms with E-state index in [-0.39, 0.29) is 28.5 Å². The molecule has 5 aliphatic carbocycles. The lowest BCUT2D eigenvalue weighted by molar-refractivity contribution is -0.264. The van der Waals surface area contributed by atoms with E-state index in [1.807, 2.05) is 0 Å². The van der Waals surface area contributed by atoms with Crippen LogP contribution in [-0.2, 0) is 9.53 Å². The summed E-state index contributed by atoms with van der Waals surface area (Å²) in [7, 11) is 0. The first kappa shape index (κ1) is 22.9. The highest BCUT2D eigenvalue weighted by Gasteiger charge is 2.74. The van der Waals surface area contributed by atoms with Crippen LogP contribution in [0.3, 0.4) is 0 Å². The van der Waals surface area contributed by atoms with Crippen molar-refractivity contribution in [3.63, 3.8) is 0 Å². The van der Waals surface area contributed by atoms with Crippen LogP contribution in [0.2, 0.25) is 0 Å². The fourth-order valence-electron chi connectivity index (χ4n) is 12.1. The minimum atomic E-state index is -0.315. The number of aliphatic hydroxyl groups excluding tert-OH is 1. The second kappa shape index (κ2) is 6.40. The van der Waals surface area contributed by atoms with Crippen molar-refractivity contribution in [2.45, 2.75) is 124 Å². The number of aliphatic hydroxyl groups is 1. The van der Waals surface area contributed by atoms with Crippen molar-refractivity contribution >= 4 is 5.97 Å². The molecule has 0 radical (unpaired) electrons. The summed E-state index contributed by atoms with van der Waals surface area (Å²) in [5.41, 5.74) is 0.457. The van der Waals surface area contributed by atoms with E-state index >= 15 is 0 Å². The van der Waals surface area contributed by atoms with Gasteiger partial charge in [-0.15, -0.1) is 0 Å². The largest absolute Gasteiger partial charge is 0.459 e. The molecule has 0 unspecified atom stereocenters. The van der Waals surface area contributed by atoms with Crippen molar-refractivity contribution in [1.29, 1.82) is 0 Å². The smallest absolute Gasteiger partial charge is 0.312 e. The Morgan fingerprint density at radius 2 is 1.45 bits per heavy atom. The number of rotatable bonds is 0. The molecule has 0 aromatic rings. The molecule has 5 saturated carbocycles.